The lowest BCUT2D eigenvalue weighted by molar-refractivity contribution is 0.248. The fourth-order valence-corrected chi connectivity index (χ4v) is 4.74. The molecule has 0 amide bonds. The van der Waals surface area contributed by atoms with Gasteiger partial charge in [-0.25, -0.2) is 4.99 Å². The Morgan fingerprint density at radius 2 is 1.75 bits per heavy atom. The number of nitrogens with zero attached hydrogens (tertiary/aromatic N) is 3. The van der Waals surface area contributed by atoms with E-state index in [0.717, 1.165) is 36.2 Å². The quantitative estimate of drug-likeness (QED) is 0.356. The predicted molar refractivity (Wildman–Crippen MR) is 117 cm³/mol. The number of benzene rings is 1. The van der Waals surface area contributed by atoms with E-state index in [1.807, 2.05) is 18.3 Å². The molecule has 1 aromatic carbocycles. The minimum atomic E-state index is 0.651. The minimum absolute atomic E-state index is 0.651. The Bertz CT molecular complexity index is 721. The van der Waals surface area contributed by atoms with Gasteiger partial charge in [-0.3, -0.25) is 4.42 Å². The van der Waals surface area contributed by atoms with Crippen LogP contribution < -0.4 is 0 Å². The molecule has 0 spiro atoms. The molecule has 150 valence electrons. The molecular formula is C24H32ClN3. The topological polar surface area (TPSA) is 39.4 Å². The first-order valence-electron chi connectivity index (χ1n) is 10.9. The molecule has 1 aromatic rings. The Balaban J connectivity index is 1.46. The maximum absolute atomic E-state index is 8.93. The van der Waals surface area contributed by atoms with Crippen LogP contribution in [0.3, 0.4) is 0 Å². The van der Waals surface area contributed by atoms with E-state index >= 15 is 0 Å². The van der Waals surface area contributed by atoms with Crippen molar-refractivity contribution < 1.29 is 0 Å². The van der Waals surface area contributed by atoms with Crippen LogP contribution in [0.15, 0.2) is 41.0 Å². The smallest absolute Gasteiger partial charge is 0.150 e. The maximum Gasteiger partial charge on any atom is 0.150 e. The molecule has 1 saturated carbocycles. The molecule has 0 N–H and O–H groups in total. The van der Waals surface area contributed by atoms with E-state index in [9.17, 15) is 0 Å². The summed E-state index contributed by atoms with van der Waals surface area (Å²) in [5.74, 6) is 2.62. The van der Waals surface area contributed by atoms with Gasteiger partial charge < -0.3 is 0 Å². The maximum atomic E-state index is 8.93. The standard InChI is InChI=1S/C24H32ClN3/c1-2-3-4-5-19-6-8-20(9-7-19)10-11-22-17-27-24(28(25)18-22)23-14-12-21(16-26)13-15-23/h12-15,17,19-20H,2-11,18H2,1H3. The highest BCUT2D eigenvalue weighted by molar-refractivity contribution is 6.25. The van der Waals surface area contributed by atoms with Crippen molar-refractivity contribution in [2.45, 2.75) is 71.1 Å². The van der Waals surface area contributed by atoms with Crippen molar-refractivity contribution in [3.63, 3.8) is 0 Å². The van der Waals surface area contributed by atoms with Crippen LogP contribution in [-0.4, -0.2) is 16.8 Å². The van der Waals surface area contributed by atoms with Crippen molar-refractivity contribution in [3.8, 4) is 6.07 Å². The van der Waals surface area contributed by atoms with Gasteiger partial charge in [-0.1, -0.05) is 58.3 Å². The zero-order valence-corrected chi connectivity index (χ0v) is 17.8. The van der Waals surface area contributed by atoms with Crippen LogP contribution >= 0.6 is 11.8 Å². The highest BCUT2D eigenvalue weighted by Gasteiger charge is 2.22. The number of aliphatic imine (C=N–C) groups is 1. The van der Waals surface area contributed by atoms with E-state index in [1.165, 1.54) is 63.4 Å². The fraction of sp³-hybridized carbons (Fsp3) is 0.583. The van der Waals surface area contributed by atoms with E-state index in [1.54, 1.807) is 16.6 Å². The van der Waals surface area contributed by atoms with Gasteiger partial charge in [-0.2, -0.15) is 5.26 Å². The Morgan fingerprint density at radius 3 is 2.36 bits per heavy atom. The van der Waals surface area contributed by atoms with E-state index in [-0.39, 0.29) is 0 Å². The molecule has 1 aliphatic heterocycles. The molecule has 1 heterocycles. The van der Waals surface area contributed by atoms with Crippen LogP contribution in [0, 0.1) is 23.2 Å². The lowest BCUT2D eigenvalue weighted by atomic mass is 9.77. The summed E-state index contributed by atoms with van der Waals surface area (Å²) in [6, 6.07) is 9.57. The first-order chi connectivity index (χ1) is 13.7. The van der Waals surface area contributed by atoms with Gasteiger partial charge in [0.2, 0.25) is 0 Å². The van der Waals surface area contributed by atoms with Crippen molar-refractivity contribution in [2.75, 3.05) is 6.54 Å². The van der Waals surface area contributed by atoms with Crippen molar-refractivity contribution in [3.05, 3.63) is 47.2 Å². The third-order valence-corrected chi connectivity index (χ3v) is 6.55. The molecule has 0 bridgehead atoms. The van der Waals surface area contributed by atoms with E-state index in [0.29, 0.717) is 5.56 Å². The SMILES string of the molecule is CCCCCC1CCC(CCC2=CN=C(c3ccc(C#N)cc3)N(Cl)C2)CC1. The predicted octanol–water partition coefficient (Wildman–Crippen LogP) is 6.83. The summed E-state index contributed by atoms with van der Waals surface area (Å²) in [6.45, 7) is 3.02. The zero-order chi connectivity index (χ0) is 19.8. The minimum Gasteiger partial charge on any atom is -0.264 e. The molecule has 0 unspecified atom stereocenters. The van der Waals surface area contributed by atoms with Crippen LogP contribution in [0.5, 0.6) is 0 Å². The summed E-state index contributed by atoms with van der Waals surface area (Å²) in [5.41, 5.74) is 2.92. The second-order valence-corrected chi connectivity index (χ2v) is 8.78. The fourth-order valence-electron chi connectivity index (χ4n) is 4.44. The van der Waals surface area contributed by atoms with Crippen LogP contribution in [0.4, 0.5) is 0 Å². The summed E-state index contributed by atoms with van der Waals surface area (Å²) < 4.78 is 1.71. The summed E-state index contributed by atoms with van der Waals surface area (Å²) in [4.78, 5) is 4.60. The summed E-state index contributed by atoms with van der Waals surface area (Å²) >= 11 is 6.48. The number of halogens is 1. The number of nitriles is 1. The van der Waals surface area contributed by atoms with E-state index < -0.39 is 0 Å². The second kappa shape index (κ2) is 10.7. The highest BCUT2D eigenvalue weighted by atomic mass is 35.5. The van der Waals surface area contributed by atoms with Gasteiger partial charge in [0.15, 0.2) is 5.84 Å². The summed E-state index contributed by atoms with van der Waals surface area (Å²) in [6.07, 6.45) is 15.6. The molecule has 2 aliphatic rings. The first-order valence-corrected chi connectivity index (χ1v) is 11.2. The monoisotopic (exact) mass is 397 g/mol. The van der Waals surface area contributed by atoms with Crippen molar-refractivity contribution in [1.82, 2.24) is 4.42 Å². The summed E-state index contributed by atoms with van der Waals surface area (Å²) in [7, 11) is 0. The largest absolute Gasteiger partial charge is 0.264 e. The van der Waals surface area contributed by atoms with E-state index in [2.05, 4.69) is 18.0 Å². The lowest BCUT2D eigenvalue weighted by Crippen LogP contribution is -2.27. The van der Waals surface area contributed by atoms with Gasteiger partial charge in [0, 0.05) is 23.5 Å². The molecule has 3 rings (SSSR count). The Labute approximate surface area is 175 Å². The molecule has 0 saturated heterocycles. The third kappa shape index (κ3) is 5.85. The molecule has 1 aliphatic carbocycles. The van der Waals surface area contributed by atoms with Crippen molar-refractivity contribution in [1.29, 1.82) is 5.26 Å². The highest BCUT2D eigenvalue weighted by Crippen LogP contribution is 2.35. The van der Waals surface area contributed by atoms with Crippen LogP contribution in [-0.2, 0) is 0 Å². The molecule has 1 fully saturated rings. The average Bonchev–Trinajstić information content (AvgIpc) is 2.73. The van der Waals surface area contributed by atoms with Gasteiger partial charge >= 0.3 is 0 Å². The lowest BCUT2D eigenvalue weighted by Gasteiger charge is -2.29. The van der Waals surface area contributed by atoms with Gasteiger partial charge in [0.05, 0.1) is 18.2 Å². The molecule has 28 heavy (non-hydrogen) atoms. The van der Waals surface area contributed by atoms with Gasteiger partial charge in [0.25, 0.3) is 0 Å². The van der Waals surface area contributed by atoms with Gasteiger partial charge in [0.1, 0.15) is 0 Å². The number of amidine groups is 1. The molecule has 3 nitrogen and oxygen atoms in total. The zero-order valence-electron chi connectivity index (χ0n) is 17.0. The Kier molecular flexibility index (Phi) is 7.98. The average molecular weight is 398 g/mol. The third-order valence-electron chi connectivity index (χ3n) is 6.27. The number of unbranched alkanes of at least 4 members (excludes halogenated alkanes) is 2. The normalized spacial score (nSPS) is 22.4. The summed E-state index contributed by atoms with van der Waals surface area (Å²) in [5, 5.41) is 8.93. The number of hydrogen-bond acceptors (Lipinski definition) is 3. The number of hydrogen-bond donors (Lipinski definition) is 0. The molecule has 0 radical (unpaired) electrons. The van der Waals surface area contributed by atoms with Crippen molar-refractivity contribution >= 4 is 17.6 Å². The molecule has 0 atom stereocenters. The van der Waals surface area contributed by atoms with Crippen molar-refractivity contribution in [2.24, 2.45) is 16.8 Å². The van der Waals surface area contributed by atoms with Crippen LogP contribution in [0.25, 0.3) is 0 Å². The van der Waals surface area contributed by atoms with Gasteiger partial charge in [-0.15, -0.1) is 0 Å². The Morgan fingerprint density at radius 1 is 1.07 bits per heavy atom. The van der Waals surface area contributed by atoms with Crippen LogP contribution in [0.2, 0.25) is 0 Å². The second-order valence-electron chi connectivity index (χ2n) is 8.37. The van der Waals surface area contributed by atoms with Crippen LogP contribution in [0.1, 0.15) is 82.3 Å². The molecule has 4 heteroatoms. The number of rotatable bonds is 8. The van der Waals surface area contributed by atoms with E-state index in [4.69, 9.17) is 17.0 Å². The Hall–Kier alpha value is -1.79. The molecule has 0 aromatic heterocycles. The molecular weight excluding hydrogens is 366 g/mol. The first kappa shape index (κ1) is 20.9. The van der Waals surface area contributed by atoms with Gasteiger partial charge in [-0.05, 0) is 54.5 Å².